The van der Waals surface area contributed by atoms with Gasteiger partial charge in [0, 0.05) is 0 Å². The van der Waals surface area contributed by atoms with Crippen molar-refractivity contribution in [3.8, 4) is 11.3 Å². The predicted octanol–water partition coefficient (Wildman–Crippen LogP) is 3.08. The molecule has 0 spiro atoms. The van der Waals surface area contributed by atoms with Crippen molar-refractivity contribution in [3.05, 3.63) is 45.9 Å². The van der Waals surface area contributed by atoms with Gasteiger partial charge < -0.3 is 0 Å². The number of thiazole rings is 1. The van der Waals surface area contributed by atoms with Crippen LogP contribution in [-0.4, -0.2) is 20.5 Å². The van der Waals surface area contributed by atoms with Gasteiger partial charge in [-0.05, 0) is 19.1 Å². The summed E-state index contributed by atoms with van der Waals surface area (Å²) < 4.78 is 41.1. The number of rotatable bonds is 2. The SMILES string of the molecule is CC(=NC#N)c1c(C(F)(F)F)[nH]n(-c2nc3ccccc3s2)c1=O. The number of aromatic amines is 1. The number of benzene rings is 1. The molecule has 0 aliphatic rings. The van der Waals surface area contributed by atoms with Crippen LogP contribution >= 0.6 is 11.3 Å². The lowest BCUT2D eigenvalue weighted by Gasteiger charge is -2.05. The lowest BCUT2D eigenvalue weighted by Crippen LogP contribution is -2.20. The van der Waals surface area contributed by atoms with Gasteiger partial charge in [0.05, 0.1) is 21.5 Å². The number of alkyl halides is 3. The molecule has 122 valence electrons. The van der Waals surface area contributed by atoms with Gasteiger partial charge in [0.2, 0.25) is 11.3 Å². The fourth-order valence-electron chi connectivity index (χ4n) is 2.20. The average Bonchev–Trinajstić information content (AvgIpc) is 3.07. The average molecular weight is 351 g/mol. The number of aliphatic imine (C=N–C) groups is 1. The summed E-state index contributed by atoms with van der Waals surface area (Å²) in [6.07, 6.45) is -3.41. The summed E-state index contributed by atoms with van der Waals surface area (Å²) >= 11 is 1.07. The number of nitrogens with one attached hydrogen (secondary N) is 1. The van der Waals surface area contributed by atoms with E-state index in [1.165, 1.54) is 13.1 Å². The number of hydrogen-bond donors (Lipinski definition) is 1. The van der Waals surface area contributed by atoms with Crippen molar-refractivity contribution in [1.29, 1.82) is 5.26 Å². The molecule has 0 fully saturated rings. The zero-order valence-electron chi connectivity index (χ0n) is 12.0. The van der Waals surface area contributed by atoms with Crippen molar-refractivity contribution in [2.24, 2.45) is 4.99 Å². The van der Waals surface area contributed by atoms with Crippen molar-refractivity contribution in [3.63, 3.8) is 0 Å². The van der Waals surface area contributed by atoms with E-state index in [2.05, 4.69) is 9.98 Å². The molecule has 2 heterocycles. The van der Waals surface area contributed by atoms with Crippen LogP contribution in [0.15, 0.2) is 34.1 Å². The molecule has 0 bridgehead atoms. The number of nitriles is 1. The number of nitrogens with zero attached hydrogens (tertiary/aromatic N) is 4. The van der Waals surface area contributed by atoms with Gasteiger partial charge in [0.15, 0.2) is 5.69 Å². The van der Waals surface area contributed by atoms with Crippen LogP contribution in [0.5, 0.6) is 0 Å². The van der Waals surface area contributed by atoms with Crippen LogP contribution in [0.25, 0.3) is 15.3 Å². The van der Waals surface area contributed by atoms with E-state index in [0.29, 0.717) is 5.52 Å². The molecule has 10 heteroatoms. The number of hydrogen-bond acceptors (Lipinski definition) is 5. The molecule has 6 nitrogen and oxygen atoms in total. The highest BCUT2D eigenvalue weighted by molar-refractivity contribution is 7.20. The Bertz CT molecular complexity index is 1020. The summed E-state index contributed by atoms with van der Waals surface area (Å²) in [5.74, 6) is 0. The topological polar surface area (TPSA) is 86.8 Å². The van der Waals surface area contributed by atoms with E-state index >= 15 is 0 Å². The standard InChI is InChI=1S/C14H8F3N5OS/c1-7(19-6-18)10-11(14(15,16)17)21-22(12(10)23)13-20-8-4-2-3-5-9(8)24-13/h2-5,21H,1H3. The summed E-state index contributed by atoms with van der Waals surface area (Å²) in [5.41, 5.74) is -2.66. The van der Waals surface area contributed by atoms with Gasteiger partial charge in [0.1, 0.15) is 0 Å². The van der Waals surface area contributed by atoms with Gasteiger partial charge >= 0.3 is 6.18 Å². The molecular weight excluding hydrogens is 343 g/mol. The smallest absolute Gasteiger partial charge is 0.284 e. The minimum Gasteiger partial charge on any atom is -0.284 e. The lowest BCUT2D eigenvalue weighted by molar-refractivity contribution is -0.141. The molecule has 2 aromatic heterocycles. The molecule has 0 saturated heterocycles. The van der Waals surface area contributed by atoms with Crippen LogP contribution in [0.4, 0.5) is 13.2 Å². The molecule has 0 aliphatic heterocycles. The normalized spacial score (nSPS) is 12.5. The first-order valence-electron chi connectivity index (χ1n) is 6.55. The van der Waals surface area contributed by atoms with Gasteiger partial charge in [-0.15, -0.1) is 0 Å². The van der Waals surface area contributed by atoms with Crippen LogP contribution in [-0.2, 0) is 6.18 Å². The van der Waals surface area contributed by atoms with Gasteiger partial charge in [-0.3, -0.25) is 9.89 Å². The largest absolute Gasteiger partial charge is 0.433 e. The van der Waals surface area contributed by atoms with E-state index in [1.54, 1.807) is 24.3 Å². The molecule has 3 rings (SSSR count). The van der Waals surface area contributed by atoms with E-state index in [9.17, 15) is 18.0 Å². The first-order valence-corrected chi connectivity index (χ1v) is 7.36. The Hall–Kier alpha value is -2.93. The molecular formula is C14H8F3N5OS. The van der Waals surface area contributed by atoms with Crippen LogP contribution in [0, 0.1) is 11.5 Å². The maximum absolute atomic E-state index is 13.2. The van der Waals surface area contributed by atoms with Gasteiger partial charge in [-0.1, -0.05) is 23.5 Å². The molecule has 0 amide bonds. The van der Waals surface area contributed by atoms with Crippen LogP contribution < -0.4 is 5.56 Å². The molecule has 3 aromatic rings. The number of aromatic nitrogens is 3. The second kappa shape index (κ2) is 5.61. The summed E-state index contributed by atoms with van der Waals surface area (Å²) in [7, 11) is 0. The Morgan fingerprint density at radius 2 is 2.12 bits per heavy atom. The number of fused-ring (bicyclic) bond motifs is 1. The highest BCUT2D eigenvalue weighted by Crippen LogP contribution is 2.31. The van der Waals surface area contributed by atoms with Crippen LogP contribution in [0.1, 0.15) is 18.2 Å². The number of halogens is 3. The highest BCUT2D eigenvalue weighted by atomic mass is 32.1. The van der Waals surface area contributed by atoms with E-state index < -0.39 is 23.0 Å². The molecule has 1 aromatic carbocycles. The summed E-state index contributed by atoms with van der Waals surface area (Å²) in [6.45, 7) is 1.17. The van der Waals surface area contributed by atoms with E-state index in [-0.39, 0.29) is 10.8 Å². The van der Waals surface area contributed by atoms with E-state index in [0.717, 1.165) is 20.7 Å². The van der Waals surface area contributed by atoms with E-state index in [4.69, 9.17) is 5.26 Å². The molecule has 0 unspecified atom stereocenters. The zero-order valence-corrected chi connectivity index (χ0v) is 12.9. The first-order chi connectivity index (χ1) is 11.3. The Balaban J connectivity index is 2.28. The minimum absolute atomic E-state index is 0.0720. The summed E-state index contributed by atoms with van der Waals surface area (Å²) in [6, 6.07) is 6.94. The van der Waals surface area contributed by atoms with E-state index in [1.807, 2.05) is 5.10 Å². The maximum atomic E-state index is 13.2. The Morgan fingerprint density at radius 3 is 2.75 bits per heavy atom. The lowest BCUT2D eigenvalue weighted by atomic mass is 10.1. The number of para-hydroxylation sites is 1. The molecule has 0 saturated carbocycles. The van der Waals surface area contributed by atoms with Crippen molar-refractivity contribution in [2.75, 3.05) is 0 Å². The minimum atomic E-state index is -4.80. The van der Waals surface area contributed by atoms with Crippen molar-refractivity contribution in [2.45, 2.75) is 13.1 Å². The summed E-state index contributed by atoms with van der Waals surface area (Å²) in [5, 5.41) is 10.7. The van der Waals surface area contributed by atoms with Crippen molar-refractivity contribution >= 4 is 27.3 Å². The molecule has 0 aliphatic carbocycles. The quantitative estimate of drug-likeness (QED) is 0.568. The Kier molecular flexibility index (Phi) is 3.73. The zero-order chi connectivity index (χ0) is 17.5. The van der Waals surface area contributed by atoms with Gasteiger partial charge in [-0.25, -0.2) is 4.98 Å². The third-order valence-corrected chi connectivity index (χ3v) is 4.25. The fourth-order valence-corrected chi connectivity index (χ4v) is 3.12. The second-order valence-electron chi connectivity index (χ2n) is 4.76. The Labute approximate surface area is 136 Å². The third kappa shape index (κ3) is 2.59. The highest BCUT2D eigenvalue weighted by Gasteiger charge is 2.39. The van der Waals surface area contributed by atoms with Crippen LogP contribution in [0.3, 0.4) is 0 Å². The van der Waals surface area contributed by atoms with Crippen LogP contribution in [0.2, 0.25) is 0 Å². The fraction of sp³-hybridized carbons (Fsp3) is 0.143. The summed E-state index contributed by atoms with van der Waals surface area (Å²) in [4.78, 5) is 19.9. The predicted molar refractivity (Wildman–Crippen MR) is 82.4 cm³/mol. The molecule has 1 N–H and O–H groups in total. The monoisotopic (exact) mass is 351 g/mol. The first kappa shape index (κ1) is 15.9. The Morgan fingerprint density at radius 1 is 1.42 bits per heavy atom. The maximum Gasteiger partial charge on any atom is 0.433 e. The molecule has 0 radical (unpaired) electrons. The molecule has 0 atom stereocenters. The third-order valence-electron chi connectivity index (χ3n) is 3.23. The van der Waals surface area contributed by atoms with Crippen molar-refractivity contribution < 1.29 is 13.2 Å². The van der Waals surface area contributed by atoms with Crippen molar-refractivity contribution in [1.82, 2.24) is 14.8 Å². The number of H-pyrrole nitrogens is 1. The van der Waals surface area contributed by atoms with Gasteiger partial charge in [-0.2, -0.15) is 28.1 Å². The van der Waals surface area contributed by atoms with Gasteiger partial charge in [0.25, 0.3) is 5.56 Å². The second-order valence-corrected chi connectivity index (χ2v) is 5.77. The molecule has 24 heavy (non-hydrogen) atoms.